The third-order valence-corrected chi connectivity index (χ3v) is 10.5. The molecular formula is C29H39BrN2O2. The highest BCUT2D eigenvalue weighted by Gasteiger charge is 2.60. The number of piperidine rings is 1. The van der Waals surface area contributed by atoms with Gasteiger partial charge >= 0.3 is 0 Å². The zero-order valence-corrected chi connectivity index (χ0v) is 22.8. The lowest BCUT2D eigenvalue weighted by molar-refractivity contribution is -0.127. The molecule has 3 unspecified atom stereocenters. The van der Waals surface area contributed by atoms with Gasteiger partial charge < -0.3 is 10.6 Å². The van der Waals surface area contributed by atoms with Crippen molar-refractivity contribution in [1.82, 2.24) is 5.32 Å². The largest absolute Gasteiger partial charge is 0.387 e. The van der Waals surface area contributed by atoms with E-state index in [4.69, 9.17) is 0 Å². The molecule has 1 saturated heterocycles. The van der Waals surface area contributed by atoms with Crippen molar-refractivity contribution in [2.45, 2.75) is 78.6 Å². The van der Waals surface area contributed by atoms with E-state index < -0.39 is 0 Å². The summed E-state index contributed by atoms with van der Waals surface area (Å²) in [5, 5.41) is 7.02. The first kappa shape index (κ1) is 24.1. The van der Waals surface area contributed by atoms with Gasteiger partial charge in [-0.1, -0.05) is 50.5 Å². The average Bonchev–Trinajstić information content (AvgIpc) is 3.12. The smallest absolute Gasteiger partial charge is 0.228 e. The van der Waals surface area contributed by atoms with E-state index in [2.05, 4.69) is 67.2 Å². The van der Waals surface area contributed by atoms with Crippen LogP contribution in [-0.4, -0.2) is 18.2 Å². The van der Waals surface area contributed by atoms with Crippen molar-refractivity contribution in [3.05, 3.63) is 40.0 Å². The SMILES string of the molecule is CC(C)(C)c1cc(Br)ccc1NC(=O)[C@H]1CCC2C3CNC4=CC(=O)CC[C@]4(C)C3CC[C@@]21C. The molecule has 34 heavy (non-hydrogen) atoms. The first-order chi connectivity index (χ1) is 15.9. The zero-order chi connectivity index (χ0) is 24.5. The Bertz CT molecular complexity index is 1060. The number of amides is 1. The number of carbonyl (C=O) groups excluding carboxylic acids is 2. The maximum atomic E-state index is 13.7. The average molecular weight is 528 g/mol. The summed E-state index contributed by atoms with van der Waals surface area (Å²) in [6.45, 7) is 12.3. The summed E-state index contributed by atoms with van der Waals surface area (Å²) in [7, 11) is 0. The van der Waals surface area contributed by atoms with Gasteiger partial charge in [-0.3, -0.25) is 9.59 Å². The molecule has 4 aliphatic rings. The van der Waals surface area contributed by atoms with Crippen LogP contribution in [0.3, 0.4) is 0 Å². The van der Waals surface area contributed by atoms with Crippen molar-refractivity contribution in [3.8, 4) is 0 Å². The van der Waals surface area contributed by atoms with E-state index >= 15 is 0 Å². The van der Waals surface area contributed by atoms with Gasteiger partial charge in [-0.25, -0.2) is 0 Å². The monoisotopic (exact) mass is 526 g/mol. The molecule has 6 atom stereocenters. The Balaban J connectivity index is 1.38. The number of fused-ring (bicyclic) bond motifs is 5. The Morgan fingerprint density at radius 1 is 1.12 bits per heavy atom. The van der Waals surface area contributed by atoms with Crippen molar-refractivity contribution in [1.29, 1.82) is 0 Å². The number of anilines is 1. The Morgan fingerprint density at radius 3 is 2.62 bits per heavy atom. The van der Waals surface area contributed by atoms with Crippen LogP contribution < -0.4 is 10.6 Å². The van der Waals surface area contributed by atoms with Gasteiger partial charge in [0.2, 0.25) is 5.91 Å². The van der Waals surface area contributed by atoms with E-state index in [9.17, 15) is 9.59 Å². The highest BCUT2D eigenvalue weighted by molar-refractivity contribution is 9.10. The summed E-state index contributed by atoms with van der Waals surface area (Å²) in [6.07, 6.45) is 7.84. The second-order valence-electron chi connectivity index (χ2n) is 12.8. The number of carbonyl (C=O) groups is 2. The number of benzene rings is 1. The lowest BCUT2D eigenvalue weighted by Crippen LogP contribution is -2.57. The predicted octanol–water partition coefficient (Wildman–Crippen LogP) is 6.60. The van der Waals surface area contributed by atoms with Crippen molar-refractivity contribution in [2.75, 3.05) is 11.9 Å². The van der Waals surface area contributed by atoms with Gasteiger partial charge in [0.25, 0.3) is 0 Å². The fraction of sp³-hybridized carbons (Fsp3) is 0.655. The molecule has 1 aromatic rings. The lowest BCUT2D eigenvalue weighted by atomic mass is 9.50. The Labute approximate surface area is 212 Å². The Hall–Kier alpha value is -1.62. The Morgan fingerprint density at radius 2 is 1.88 bits per heavy atom. The van der Waals surface area contributed by atoms with Crippen LogP contribution in [-0.2, 0) is 15.0 Å². The van der Waals surface area contributed by atoms with E-state index in [1.165, 1.54) is 5.70 Å². The molecule has 3 aliphatic carbocycles. The van der Waals surface area contributed by atoms with Crippen molar-refractivity contribution >= 4 is 33.3 Å². The number of allylic oxidation sites excluding steroid dienone is 2. The van der Waals surface area contributed by atoms with Gasteiger partial charge in [0, 0.05) is 46.2 Å². The summed E-state index contributed by atoms with van der Waals surface area (Å²) in [5.41, 5.74) is 3.33. The standard InChI is InChI=1S/C29H39BrN2O2/c1-27(2,3)23-14-17(30)6-9-24(23)32-26(34)22-8-7-20-19-16-31-25-15-18(33)10-12-29(25,5)21(19)11-13-28(20,22)4/h6,9,14-15,19-22,31H,7-8,10-13,16H2,1-5H3,(H,32,34)/t19?,20?,21?,22-,28+,29-/m1/s1. The van der Waals surface area contributed by atoms with Crippen molar-refractivity contribution < 1.29 is 9.59 Å². The minimum Gasteiger partial charge on any atom is -0.387 e. The molecule has 5 rings (SSSR count). The summed E-state index contributed by atoms with van der Waals surface area (Å²) < 4.78 is 1.04. The molecule has 0 radical (unpaired) electrons. The second-order valence-corrected chi connectivity index (χ2v) is 13.7. The molecule has 1 amide bonds. The van der Waals surface area contributed by atoms with Crippen LogP contribution in [0.4, 0.5) is 5.69 Å². The topological polar surface area (TPSA) is 58.2 Å². The third-order valence-electron chi connectivity index (χ3n) is 9.96. The molecule has 0 aromatic heterocycles. The normalized spacial score (nSPS) is 37.1. The van der Waals surface area contributed by atoms with Gasteiger partial charge in [-0.2, -0.15) is 0 Å². The summed E-state index contributed by atoms with van der Waals surface area (Å²) in [4.78, 5) is 25.8. The highest BCUT2D eigenvalue weighted by atomic mass is 79.9. The van der Waals surface area contributed by atoms with E-state index in [0.717, 1.165) is 54.4 Å². The van der Waals surface area contributed by atoms with E-state index in [1.807, 2.05) is 18.2 Å². The van der Waals surface area contributed by atoms with Crippen LogP contribution in [0.25, 0.3) is 0 Å². The van der Waals surface area contributed by atoms with Crippen LogP contribution >= 0.6 is 15.9 Å². The fourth-order valence-electron chi connectivity index (χ4n) is 8.04. The molecule has 1 aromatic carbocycles. The van der Waals surface area contributed by atoms with E-state index in [-0.39, 0.29) is 33.9 Å². The van der Waals surface area contributed by atoms with Crippen LogP contribution in [0.15, 0.2) is 34.4 Å². The number of ketones is 1. The van der Waals surface area contributed by atoms with Gasteiger partial charge in [0.15, 0.2) is 5.78 Å². The van der Waals surface area contributed by atoms with E-state index in [0.29, 0.717) is 24.2 Å². The van der Waals surface area contributed by atoms with E-state index in [1.54, 1.807) is 0 Å². The minimum atomic E-state index is -0.0532. The molecule has 1 aliphatic heterocycles. The third kappa shape index (κ3) is 3.77. The van der Waals surface area contributed by atoms with Crippen LogP contribution in [0, 0.1) is 34.5 Å². The van der Waals surface area contributed by atoms with Crippen LogP contribution in [0.5, 0.6) is 0 Å². The molecule has 0 bridgehead atoms. The van der Waals surface area contributed by atoms with Crippen molar-refractivity contribution in [3.63, 3.8) is 0 Å². The van der Waals surface area contributed by atoms with Gasteiger partial charge in [0.05, 0.1) is 0 Å². The molecular weight excluding hydrogens is 488 g/mol. The number of hydrogen-bond acceptors (Lipinski definition) is 3. The lowest BCUT2D eigenvalue weighted by Gasteiger charge is -2.58. The molecule has 1 heterocycles. The number of rotatable bonds is 2. The van der Waals surface area contributed by atoms with Crippen LogP contribution in [0.2, 0.25) is 0 Å². The first-order valence-electron chi connectivity index (χ1n) is 13.0. The summed E-state index contributed by atoms with van der Waals surface area (Å²) >= 11 is 3.60. The molecule has 0 spiro atoms. The predicted molar refractivity (Wildman–Crippen MR) is 140 cm³/mol. The van der Waals surface area contributed by atoms with Gasteiger partial charge in [0.1, 0.15) is 0 Å². The number of hydrogen-bond donors (Lipinski definition) is 2. The van der Waals surface area contributed by atoms with Gasteiger partial charge in [-0.05, 0) is 84.5 Å². The maximum absolute atomic E-state index is 13.7. The molecule has 4 nitrogen and oxygen atoms in total. The first-order valence-corrected chi connectivity index (χ1v) is 13.8. The molecule has 3 fully saturated rings. The summed E-state index contributed by atoms with van der Waals surface area (Å²) in [6, 6.07) is 6.19. The number of nitrogens with one attached hydrogen (secondary N) is 2. The maximum Gasteiger partial charge on any atom is 0.228 e. The quantitative estimate of drug-likeness (QED) is 0.456. The Kier molecular flexibility index (Phi) is 5.82. The second kappa shape index (κ2) is 8.21. The minimum absolute atomic E-state index is 0.0340. The summed E-state index contributed by atoms with van der Waals surface area (Å²) in [5.74, 6) is 2.23. The molecule has 184 valence electrons. The zero-order valence-electron chi connectivity index (χ0n) is 21.3. The molecule has 5 heteroatoms. The highest BCUT2D eigenvalue weighted by Crippen LogP contribution is 2.64. The fourth-order valence-corrected chi connectivity index (χ4v) is 8.40. The molecule has 2 N–H and O–H groups in total. The molecule has 2 saturated carbocycles. The van der Waals surface area contributed by atoms with Gasteiger partial charge in [-0.15, -0.1) is 0 Å². The van der Waals surface area contributed by atoms with Crippen molar-refractivity contribution in [2.24, 2.45) is 34.5 Å². The number of halogens is 1. The van der Waals surface area contributed by atoms with Crippen LogP contribution in [0.1, 0.15) is 78.7 Å².